The van der Waals surface area contributed by atoms with Crippen molar-refractivity contribution in [3.05, 3.63) is 11.1 Å². The summed E-state index contributed by atoms with van der Waals surface area (Å²) < 4.78 is 16.1. The number of carbonyl (C=O) groups excluding carboxylic acids is 1. The van der Waals surface area contributed by atoms with Crippen molar-refractivity contribution in [3.8, 4) is 23.0 Å². The van der Waals surface area contributed by atoms with Crippen LogP contribution in [0.2, 0.25) is 0 Å². The summed E-state index contributed by atoms with van der Waals surface area (Å²) in [6.45, 7) is 4.88. The lowest BCUT2D eigenvalue weighted by Gasteiger charge is -2.52. The van der Waals surface area contributed by atoms with Gasteiger partial charge in [-0.1, -0.05) is 13.8 Å². The molecule has 3 unspecified atom stereocenters. The van der Waals surface area contributed by atoms with Gasteiger partial charge in [0.2, 0.25) is 11.5 Å². The van der Waals surface area contributed by atoms with E-state index in [1.807, 2.05) is 4.90 Å². The summed E-state index contributed by atoms with van der Waals surface area (Å²) in [7, 11) is 2.71. The lowest BCUT2D eigenvalue weighted by atomic mass is 9.76. The summed E-state index contributed by atoms with van der Waals surface area (Å²) >= 11 is 0. The van der Waals surface area contributed by atoms with E-state index in [4.69, 9.17) is 19.9 Å². The number of rotatable bonds is 6. The molecule has 2 heterocycles. The quantitative estimate of drug-likeness (QED) is 0.390. The van der Waals surface area contributed by atoms with Gasteiger partial charge in [0.25, 0.3) is 0 Å². The lowest BCUT2D eigenvalue weighted by molar-refractivity contribution is -0.204. The Morgan fingerprint density at radius 3 is 2.43 bits per heavy atom. The lowest BCUT2D eigenvalue weighted by Crippen LogP contribution is -2.60. The molecule has 3 rings (SSSR count). The van der Waals surface area contributed by atoms with E-state index in [0.717, 1.165) is 6.42 Å². The van der Waals surface area contributed by atoms with Crippen LogP contribution < -0.4 is 15.2 Å². The number of methoxy groups -OCH3 is 2. The average molecular weight is 424 g/mol. The van der Waals surface area contributed by atoms with Crippen molar-refractivity contribution in [1.29, 1.82) is 0 Å². The first kappa shape index (κ1) is 22.5. The molecular formula is C21H32N2O7. The van der Waals surface area contributed by atoms with Gasteiger partial charge in [0.1, 0.15) is 6.10 Å². The molecule has 1 fully saturated rings. The molecule has 0 bridgehead atoms. The summed E-state index contributed by atoms with van der Waals surface area (Å²) in [4.78, 5) is 13.8. The Morgan fingerprint density at radius 1 is 1.23 bits per heavy atom. The summed E-state index contributed by atoms with van der Waals surface area (Å²) in [5.41, 5.74) is 4.37. The number of aliphatic hydroxyl groups is 1. The van der Waals surface area contributed by atoms with Crippen molar-refractivity contribution in [2.24, 2.45) is 17.6 Å². The van der Waals surface area contributed by atoms with E-state index in [9.17, 15) is 20.1 Å². The first-order valence-electron chi connectivity index (χ1n) is 10.2. The van der Waals surface area contributed by atoms with Crippen molar-refractivity contribution in [2.45, 2.75) is 44.9 Å². The van der Waals surface area contributed by atoms with E-state index in [2.05, 4.69) is 13.8 Å². The average Bonchev–Trinajstić information content (AvgIpc) is 2.69. The second-order valence-electron chi connectivity index (χ2n) is 8.46. The number of ether oxygens (including phenoxy) is 3. The number of phenolic OH excluding ortho intramolecular Hbond substituents is 2. The van der Waals surface area contributed by atoms with Crippen LogP contribution >= 0.6 is 0 Å². The topological polar surface area (TPSA) is 135 Å². The van der Waals surface area contributed by atoms with Crippen LogP contribution in [-0.4, -0.2) is 66.1 Å². The highest BCUT2D eigenvalue weighted by Crippen LogP contribution is 2.56. The Kier molecular flexibility index (Phi) is 6.35. The van der Waals surface area contributed by atoms with Crippen molar-refractivity contribution >= 4 is 5.97 Å². The third-order valence-corrected chi connectivity index (χ3v) is 6.11. The van der Waals surface area contributed by atoms with Crippen LogP contribution in [0.25, 0.3) is 0 Å². The van der Waals surface area contributed by atoms with Crippen LogP contribution in [0.5, 0.6) is 23.0 Å². The van der Waals surface area contributed by atoms with Crippen molar-refractivity contribution in [2.75, 3.05) is 33.9 Å². The molecule has 9 heteroatoms. The second kappa shape index (κ2) is 8.49. The van der Waals surface area contributed by atoms with Crippen LogP contribution in [0.15, 0.2) is 0 Å². The molecule has 2 aliphatic rings. The highest BCUT2D eigenvalue weighted by molar-refractivity contribution is 5.71. The zero-order chi connectivity index (χ0) is 22.2. The molecule has 1 aromatic rings. The maximum absolute atomic E-state index is 12.0. The van der Waals surface area contributed by atoms with Gasteiger partial charge in [0.15, 0.2) is 17.2 Å². The number of nitrogens with zero attached hydrogens (tertiary/aromatic N) is 1. The first-order valence-corrected chi connectivity index (χ1v) is 10.2. The molecule has 5 N–H and O–H groups in total. The fourth-order valence-corrected chi connectivity index (χ4v) is 4.88. The molecule has 30 heavy (non-hydrogen) atoms. The van der Waals surface area contributed by atoms with Gasteiger partial charge in [0, 0.05) is 31.0 Å². The van der Waals surface area contributed by atoms with E-state index >= 15 is 0 Å². The molecule has 168 valence electrons. The van der Waals surface area contributed by atoms with Crippen LogP contribution in [0.1, 0.15) is 37.8 Å². The fourth-order valence-electron chi connectivity index (χ4n) is 4.88. The summed E-state index contributed by atoms with van der Waals surface area (Å²) in [5, 5.41) is 33.5. The van der Waals surface area contributed by atoms with Gasteiger partial charge in [-0.15, -0.1) is 0 Å². The normalized spacial score (nSPS) is 26.1. The third-order valence-electron chi connectivity index (χ3n) is 6.11. The Bertz CT molecular complexity index is 813. The molecule has 0 spiro atoms. The largest absolute Gasteiger partial charge is 0.504 e. The molecule has 1 aromatic carbocycles. The minimum atomic E-state index is -1.64. The number of fused-ring (bicyclic) bond motifs is 3. The summed E-state index contributed by atoms with van der Waals surface area (Å²) in [6.07, 6.45) is 0.695. The van der Waals surface area contributed by atoms with Gasteiger partial charge in [-0.25, -0.2) is 0 Å². The number of phenols is 2. The number of hydrogen-bond acceptors (Lipinski definition) is 9. The highest BCUT2D eigenvalue weighted by Gasteiger charge is 2.53. The molecule has 0 aromatic heterocycles. The molecule has 9 nitrogen and oxygen atoms in total. The van der Waals surface area contributed by atoms with Crippen molar-refractivity contribution in [3.63, 3.8) is 0 Å². The Morgan fingerprint density at radius 2 is 1.87 bits per heavy atom. The number of piperidine rings is 1. The number of nitrogens with two attached hydrogens (primary N) is 1. The van der Waals surface area contributed by atoms with Gasteiger partial charge in [-0.3, -0.25) is 9.69 Å². The minimum Gasteiger partial charge on any atom is -0.504 e. The highest BCUT2D eigenvalue weighted by atomic mass is 16.5. The summed E-state index contributed by atoms with van der Waals surface area (Å²) in [5.74, 6) is -0.650. The van der Waals surface area contributed by atoms with E-state index < -0.39 is 17.8 Å². The van der Waals surface area contributed by atoms with Gasteiger partial charge in [-0.2, -0.15) is 0 Å². The van der Waals surface area contributed by atoms with Crippen molar-refractivity contribution in [1.82, 2.24) is 4.90 Å². The summed E-state index contributed by atoms with van der Waals surface area (Å²) in [6, 6.07) is 0. The molecule has 1 saturated heterocycles. The predicted molar refractivity (Wildman–Crippen MR) is 109 cm³/mol. The third kappa shape index (κ3) is 3.66. The van der Waals surface area contributed by atoms with Gasteiger partial charge in [-0.05, 0) is 18.8 Å². The number of aromatic hydroxyl groups is 2. The first-order chi connectivity index (χ1) is 14.2. The number of esters is 1. The standard InChI is InChI=1S/C21H32N2O7/c1-11(2)7-12-10-23-6-5-13-16(18(26)20(29-4)19(28-3)17(13)25)21(23,27)8-14(12)30-15(24)9-22/h11-12,14,25-27H,5-10,22H2,1-4H3. The zero-order valence-corrected chi connectivity index (χ0v) is 18.0. The van der Waals surface area contributed by atoms with Crippen LogP contribution in [0.4, 0.5) is 0 Å². The van der Waals surface area contributed by atoms with E-state index in [-0.39, 0.29) is 47.4 Å². The van der Waals surface area contributed by atoms with E-state index in [1.165, 1.54) is 14.2 Å². The number of benzene rings is 1. The Hall–Kier alpha value is -2.23. The second-order valence-corrected chi connectivity index (χ2v) is 8.46. The molecule has 0 amide bonds. The van der Waals surface area contributed by atoms with E-state index in [0.29, 0.717) is 31.0 Å². The molecule has 3 atom stereocenters. The molecule has 0 aliphatic carbocycles. The zero-order valence-electron chi connectivity index (χ0n) is 18.0. The van der Waals surface area contributed by atoms with Gasteiger partial charge in [0.05, 0.1) is 26.3 Å². The number of hydrogen-bond donors (Lipinski definition) is 4. The van der Waals surface area contributed by atoms with E-state index in [1.54, 1.807) is 0 Å². The van der Waals surface area contributed by atoms with Gasteiger partial charge >= 0.3 is 5.97 Å². The van der Waals surface area contributed by atoms with Crippen LogP contribution in [-0.2, 0) is 21.7 Å². The minimum absolute atomic E-state index is 0.0122. The monoisotopic (exact) mass is 424 g/mol. The SMILES string of the molecule is COc1c(O)c2c(c(O)c1OC)C1(O)CC(OC(=O)CN)C(CC(C)C)CN1CC2. The maximum Gasteiger partial charge on any atom is 0.319 e. The Balaban J connectivity index is 2.10. The Labute approximate surface area is 176 Å². The fraction of sp³-hybridized carbons (Fsp3) is 0.667. The van der Waals surface area contributed by atoms with Crippen molar-refractivity contribution < 1.29 is 34.3 Å². The maximum atomic E-state index is 12.0. The molecular weight excluding hydrogens is 392 g/mol. The smallest absolute Gasteiger partial charge is 0.319 e. The molecule has 2 aliphatic heterocycles. The van der Waals surface area contributed by atoms with Crippen LogP contribution in [0, 0.1) is 11.8 Å². The number of carbonyl (C=O) groups is 1. The van der Waals surface area contributed by atoms with Crippen LogP contribution in [0.3, 0.4) is 0 Å². The predicted octanol–water partition coefficient (Wildman–Crippen LogP) is 1.05. The van der Waals surface area contributed by atoms with Gasteiger partial charge < -0.3 is 35.3 Å². The molecule has 0 radical (unpaired) electrons. The molecule has 0 saturated carbocycles.